The van der Waals surface area contributed by atoms with Gasteiger partial charge in [-0.15, -0.1) is 0 Å². The van der Waals surface area contributed by atoms with Gasteiger partial charge in [0, 0.05) is 26.9 Å². The normalized spacial score (nSPS) is 31.0. The molecule has 3 aromatic rings. The van der Waals surface area contributed by atoms with Crippen molar-refractivity contribution in [1.29, 1.82) is 0 Å². The highest BCUT2D eigenvalue weighted by atomic mass is 15.5. The third kappa shape index (κ3) is 2.86. The van der Waals surface area contributed by atoms with Crippen LogP contribution in [0.15, 0.2) is 78.9 Å². The summed E-state index contributed by atoms with van der Waals surface area (Å²) in [4.78, 5) is 4.53. The molecule has 2 fully saturated rings. The van der Waals surface area contributed by atoms with E-state index in [-0.39, 0.29) is 17.5 Å². The van der Waals surface area contributed by atoms with Crippen LogP contribution in [0, 0.1) is 12.8 Å². The number of nitrogens with zero attached hydrogens (tertiary/aromatic N) is 2. The zero-order chi connectivity index (χ0) is 25.1. The van der Waals surface area contributed by atoms with E-state index in [1.54, 1.807) is 0 Å². The Morgan fingerprint density at radius 1 is 0.788 bits per heavy atom. The molecule has 0 radical (unpaired) electrons. The zero-order valence-electron chi connectivity index (χ0n) is 22.7. The van der Waals surface area contributed by atoms with Crippen molar-refractivity contribution in [3.8, 4) is 0 Å². The van der Waals surface area contributed by atoms with Crippen molar-refractivity contribution < 1.29 is 4.11 Å². The molecule has 1 saturated heterocycles. The molecule has 0 amide bonds. The SMILES string of the molecule is [2H]C([2H])([2H])C1N2c3ccccc3C(c3ccccc3)(C3CCCCC3)C2[C@H](C)N1c1ccccc1C. The Hall–Kier alpha value is -2.74. The summed E-state index contributed by atoms with van der Waals surface area (Å²) in [6.45, 7) is 2.20. The quantitative estimate of drug-likeness (QED) is 0.422. The number of hydrogen-bond donors (Lipinski definition) is 0. The molecule has 2 nitrogen and oxygen atoms in total. The lowest BCUT2D eigenvalue weighted by molar-refractivity contribution is 0.210. The van der Waals surface area contributed by atoms with Crippen LogP contribution in [0.4, 0.5) is 11.4 Å². The predicted octanol–water partition coefficient (Wildman–Crippen LogP) is 7.30. The third-order valence-electron chi connectivity index (χ3n) is 8.71. The van der Waals surface area contributed by atoms with E-state index >= 15 is 0 Å². The zero-order valence-corrected chi connectivity index (χ0v) is 19.7. The van der Waals surface area contributed by atoms with Gasteiger partial charge >= 0.3 is 0 Å². The topological polar surface area (TPSA) is 6.48 Å². The number of hydrogen-bond acceptors (Lipinski definition) is 2. The summed E-state index contributed by atoms with van der Waals surface area (Å²) in [5.74, 6) is 0.473. The lowest BCUT2D eigenvalue weighted by Crippen LogP contribution is -2.53. The van der Waals surface area contributed by atoms with Crippen LogP contribution in [0.3, 0.4) is 0 Å². The molecular weight excluding hydrogens is 400 g/mol. The first-order valence-corrected chi connectivity index (χ1v) is 12.6. The van der Waals surface area contributed by atoms with E-state index in [1.165, 1.54) is 43.2 Å². The summed E-state index contributed by atoms with van der Waals surface area (Å²) in [6, 6.07) is 28.0. The van der Waals surface area contributed by atoms with Crippen LogP contribution in [0.25, 0.3) is 0 Å². The minimum absolute atomic E-state index is 0.0195. The molecule has 6 rings (SSSR count). The van der Waals surface area contributed by atoms with Gasteiger partial charge in [0.25, 0.3) is 0 Å². The number of anilines is 2. The van der Waals surface area contributed by atoms with Crippen molar-refractivity contribution in [2.75, 3.05) is 9.80 Å². The summed E-state index contributed by atoms with van der Waals surface area (Å²) < 4.78 is 26.4. The Morgan fingerprint density at radius 2 is 1.45 bits per heavy atom. The molecule has 33 heavy (non-hydrogen) atoms. The highest BCUT2D eigenvalue weighted by Crippen LogP contribution is 2.61. The first kappa shape index (κ1) is 17.7. The van der Waals surface area contributed by atoms with E-state index in [1.807, 2.05) is 12.1 Å². The van der Waals surface area contributed by atoms with Gasteiger partial charge in [-0.05, 0) is 68.3 Å². The fourth-order valence-corrected chi connectivity index (χ4v) is 7.48. The molecule has 3 aliphatic rings. The maximum atomic E-state index is 8.79. The van der Waals surface area contributed by atoms with E-state index in [0.717, 1.165) is 16.9 Å². The van der Waals surface area contributed by atoms with Gasteiger partial charge in [0.05, 0.1) is 12.2 Å². The van der Waals surface area contributed by atoms with Crippen LogP contribution in [-0.4, -0.2) is 18.2 Å². The Morgan fingerprint density at radius 3 is 2.18 bits per heavy atom. The molecule has 2 heterocycles. The van der Waals surface area contributed by atoms with Crippen molar-refractivity contribution in [2.45, 2.75) is 76.5 Å². The van der Waals surface area contributed by atoms with Crippen molar-refractivity contribution >= 4 is 11.4 Å². The van der Waals surface area contributed by atoms with Crippen LogP contribution in [0.5, 0.6) is 0 Å². The van der Waals surface area contributed by atoms with E-state index in [9.17, 15) is 0 Å². The average Bonchev–Trinajstić information content (AvgIpc) is 3.36. The number of benzene rings is 3. The first-order chi connectivity index (χ1) is 17.4. The lowest BCUT2D eigenvalue weighted by atomic mass is 9.58. The molecule has 170 valence electrons. The van der Waals surface area contributed by atoms with Crippen LogP contribution in [0.2, 0.25) is 0 Å². The summed E-state index contributed by atoms with van der Waals surface area (Å²) in [7, 11) is 0. The van der Waals surface area contributed by atoms with Gasteiger partial charge in [-0.1, -0.05) is 86.0 Å². The Balaban J connectivity index is 1.65. The van der Waals surface area contributed by atoms with Crippen LogP contribution in [0.1, 0.15) is 66.7 Å². The molecule has 4 atom stereocenters. The predicted molar refractivity (Wildman–Crippen MR) is 139 cm³/mol. The smallest absolute Gasteiger partial charge is 0.0994 e. The number of para-hydroxylation sites is 2. The largest absolute Gasteiger partial charge is 0.346 e. The second kappa shape index (κ2) is 7.94. The summed E-state index contributed by atoms with van der Waals surface area (Å²) >= 11 is 0. The van der Waals surface area contributed by atoms with Crippen molar-refractivity contribution in [2.24, 2.45) is 5.92 Å². The lowest BCUT2D eigenvalue weighted by Gasteiger charge is -2.47. The highest BCUT2D eigenvalue weighted by Gasteiger charge is 2.63. The van der Waals surface area contributed by atoms with E-state index in [0.29, 0.717) is 5.92 Å². The fourth-order valence-electron chi connectivity index (χ4n) is 7.48. The Labute approximate surface area is 203 Å². The van der Waals surface area contributed by atoms with E-state index in [2.05, 4.69) is 90.4 Å². The monoisotopic (exact) mass is 439 g/mol. The Kier molecular flexibility index (Phi) is 4.26. The molecule has 0 bridgehead atoms. The average molecular weight is 440 g/mol. The Bertz CT molecular complexity index is 1230. The second-order valence-corrected chi connectivity index (χ2v) is 10.2. The maximum Gasteiger partial charge on any atom is 0.0994 e. The van der Waals surface area contributed by atoms with Crippen LogP contribution >= 0.6 is 0 Å². The van der Waals surface area contributed by atoms with E-state index < -0.39 is 13.0 Å². The maximum absolute atomic E-state index is 8.79. The number of fused-ring (bicyclic) bond motifs is 3. The molecule has 0 aromatic heterocycles. The summed E-state index contributed by atoms with van der Waals surface area (Å²) in [6.07, 6.45) is 5.43. The molecule has 1 aliphatic carbocycles. The number of aryl methyl sites for hydroxylation is 1. The fraction of sp³-hybridized carbons (Fsp3) is 0.419. The molecule has 2 aliphatic heterocycles. The van der Waals surface area contributed by atoms with Gasteiger partial charge in [-0.25, -0.2) is 0 Å². The molecule has 1 saturated carbocycles. The third-order valence-corrected chi connectivity index (χ3v) is 8.71. The second-order valence-electron chi connectivity index (χ2n) is 10.2. The van der Waals surface area contributed by atoms with Gasteiger partial charge in [-0.2, -0.15) is 0 Å². The van der Waals surface area contributed by atoms with Gasteiger partial charge in [-0.3, -0.25) is 0 Å². The van der Waals surface area contributed by atoms with Crippen LogP contribution in [-0.2, 0) is 5.41 Å². The molecule has 0 spiro atoms. The van der Waals surface area contributed by atoms with Crippen molar-refractivity contribution in [1.82, 2.24) is 0 Å². The van der Waals surface area contributed by atoms with Gasteiger partial charge < -0.3 is 9.80 Å². The summed E-state index contributed by atoms with van der Waals surface area (Å²) in [5.41, 5.74) is 5.65. The minimum Gasteiger partial charge on any atom is -0.346 e. The van der Waals surface area contributed by atoms with Crippen molar-refractivity contribution in [3.63, 3.8) is 0 Å². The van der Waals surface area contributed by atoms with Gasteiger partial charge in [0.1, 0.15) is 0 Å². The first-order valence-electron chi connectivity index (χ1n) is 14.1. The molecule has 3 aromatic carbocycles. The minimum atomic E-state index is -2.17. The molecule has 0 N–H and O–H groups in total. The highest BCUT2D eigenvalue weighted by molar-refractivity contribution is 5.74. The molecular formula is C31H36N2. The van der Waals surface area contributed by atoms with Crippen LogP contribution < -0.4 is 9.80 Å². The van der Waals surface area contributed by atoms with Crippen molar-refractivity contribution in [3.05, 3.63) is 95.6 Å². The van der Waals surface area contributed by atoms with E-state index in [4.69, 9.17) is 4.11 Å². The number of rotatable bonds is 3. The van der Waals surface area contributed by atoms with Gasteiger partial charge in [0.15, 0.2) is 0 Å². The molecule has 3 unspecified atom stereocenters. The molecule has 2 heteroatoms. The van der Waals surface area contributed by atoms with Gasteiger partial charge in [0.2, 0.25) is 0 Å². The standard InChI is InChI=1S/C31H36N2/c1-22-14-10-12-20-28(22)32-23(2)30-31(25-15-6-4-7-16-25,26-17-8-5-9-18-26)27-19-11-13-21-29(27)33(30)24(32)3/h4,6-7,10-16,19-21,23-24,26,30H,5,8-9,17-18H2,1-3H3/t23-,24?,30?,31?/m0/s1/i3D3. The summed E-state index contributed by atoms with van der Waals surface area (Å²) in [5, 5.41) is 0.